The van der Waals surface area contributed by atoms with Gasteiger partial charge in [0.2, 0.25) is 11.8 Å². The number of hydrogen-bond donors (Lipinski definition) is 0. The monoisotopic (exact) mass is 382 g/mol. The Morgan fingerprint density at radius 2 is 1.78 bits per heavy atom. The van der Waals surface area contributed by atoms with Gasteiger partial charge in [-0.1, -0.05) is 30.3 Å². The van der Waals surface area contributed by atoms with Crippen molar-refractivity contribution < 1.29 is 13.4 Å². The molecule has 140 valence electrons. The topological polar surface area (TPSA) is 63.4 Å². The first-order chi connectivity index (χ1) is 12.9. The van der Waals surface area contributed by atoms with E-state index in [9.17, 15) is 9.00 Å². The summed E-state index contributed by atoms with van der Waals surface area (Å²) < 4.78 is 17.2. The normalized spacial score (nSPS) is 12.0. The molecule has 5 nitrogen and oxygen atoms in total. The number of hydrogen-bond acceptors (Lipinski definition) is 4. The summed E-state index contributed by atoms with van der Waals surface area (Å²) in [6.45, 7) is 2.31. The molecule has 0 spiro atoms. The molecule has 27 heavy (non-hydrogen) atoms. The fourth-order valence-corrected chi connectivity index (χ4v) is 3.24. The number of benzene rings is 2. The molecule has 1 heterocycles. The SMILES string of the molecule is Cc1oc(-c2ccccc2)nc1CC(=O)N(C)Cc1ccc(S(C)=O)cc1. The summed E-state index contributed by atoms with van der Waals surface area (Å²) in [5.74, 6) is 1.15. The van der Waals surface area contributed by atoms with Crippen molar-refractivity contribution >= 4 is 16.7 Å². The zero-order chi connectivity index (χ0) is 19.4. The Bertz CT molecular complexity index is 949. The maximum Gasteiger partial charge on any atom is 0.228 e. The van der Waals surface area contributed by atoms with Crippen molar-refractivity contribution in [3.63, 3.8) is 0 Å². The number of likely N-dealkylation sites (N-methyl/N-ethyl adjacent to an activating group) is 1. The summed E-state index contributed by atoms with van der Waals surface area (Å²) in [4.78, 5) is 19.5. The van der Waals surface area contributed by atoms with Crippen LogP contribution in [0.1, 0.15) is 17.0 Å². The van der Waals surface area contributed by atoms with Gasteiger partial charge in [0.15, 0.2) is 0 Å². The first kappa shape index (κ1) is 19.0. The fourth-order valence-electron chi connectivity index (χ4n) is 2.72. The van der Waals surface area contributed by atoms with Crippen molar-refractivity contribution in [3.8, 4) is 11.5 Å². The average molecular weight is 382 g/mol. The molecule has 1 unspecified atom stereocenters. The first-order valence-corrected chi connectivity index (χ1v) is 10.2. The van der Waals surface area contributed by atoms with E-state index in [0.29, 0.717) is 23.9 Å². The highest BCUT2D eigenvalue weighted by molar-refractivity contribution is 7.84. The minimum Gasteiger partial charge on any atom is -0.441 e. The van der Waals surface area contributed by atoms with Crippen molar-refractivity contribution in [2.45, 2.75) is 24.8 Å². The van der Waals surface area contributed by atoms with Crippen LogP contribution in [0, 0.1) is 6.92 Å². The van der Waals surface area contributed by atoms with E-state index >= 15 is 0 Å². The number of nitrogens with zero attached hydrogens (tertiary/aromatic N) is 2. The average Bonchev–Trinajstić information content (AvgIpc) is 3.03. The van der Waals surface area contributed by atoms with Crippen LogP contribution in [0.4, 0.5) is 0 Å². The number of oxazole rings is 1. The van der Waals surface area contributed by atoms with Gasteiger partial charge in [0, 0.05) is 41.1 Å². The number of rotatable bonds is 6. The van der Waals surface area contributed by atoms with Gasteiger partial charge in [-0.25, -0.2) is 4.98 Å². The maximum absolute atomic E-state index is 12.6. The van der Waals surface area contributed by atoms with Crippen LogP contribution < -0.4 is 0 Å². The lowest BCUT2D eigenvalue weighted by molar-refractivity contribution is -0.129. The largest absolute Gasteiger partial charge is 0.441 e. The molecule has 1 aromatic heterocycles. The van der Waals surface area contributed by atoms with Gasteiger partial charge < -0.3 is 9.32 Å². The number of aryl methyl sites for hydroxylation is 1. The summed E-state index contributed by atoms with van der Waals surface area (Å²) in [5.41, 5.74) is 2.53. The second-order valence-corrected chi connectivity index (χ2v) is 7.79. The maximum atomic E-state index is 12.6. The molecule has 0 fully saturated rings. The Morgan fingerprint density at radius 1 is 1.11 bits per heavy atom. The van der Waals surface area contributed by atoms with Crippen LogP contribution in [0.2, 0.25) is 0 Å². The van der Waals surface area contributed by atoms with Crippen LogP contribution >= 0.6 is 0 Å². The van der Waals surface area contributed by atoms with Crippen molar-refractivity contribution in [3.05, 3.63) is 71.6 Å². The van der Waals surface area contributed by atoms with E-state index < -0.39 is 10.8 Å². The summed E-state index contributed by atoms with van der Waals surface area (Å²) in [7, 11) is 0.765. The minimum absolute atomic E-state index is 0.0332. The van der Waals surface area contributed by atoms with Crippen molar-refractivity contribution in [1.29, 1.82) is 0 Å². The van der Waals surface area contributed by atoms with Gasteiger partial charge in [-0.05, 0) is 36.8 Å². The van der Waals surface area contributed by atoms with E-state index in [2.05, 4.69) is 4.98 Å². The third-order valence-corrected chi connectivity index (χ3v) is 5.27. The van der Waals surface area contributed by atoms with E-state index in [1.807, 2.05) is 61.5 Å². The molecule has 1 amide bonds. The Balaban J connectivity index is 1.66. The predicted octanol–water partition coefficient (Wildman–Crippen LogP) is 3.59. The molecule has 0 bridgehead atoms. The smallest absolute Gasteiger partial charge is 0.228 e. The molecule has 2 aromatic carbocycles. The second kappa shape index (κ2) is 8.31. The Kier molecular flexibility index (Phi) is 5.86. The minimum atomic E-state index is -1.00. The lowest BCUT2D eigenvalue weighted by atomic mass is 10.2. The molecule has 0 saturated carbocycles. The lowest BCUT2D eigenvalue weighted by Gasteiger charge is -2.17. The van der Waals surface area contributed by atoms with Crippen molar-refractivity contribution in [2.24, 2.45) is 0 Å². The molecule has 1 atom stereocenters. The molecular weight excluding hydrogens is 360 g/mol. The van der Waals surface area contributed by atoms with Crippen molar-refractivity contribution in [1.82, 2.24) is 9.88 Å². The van der Waals surface area contributed by atoms with Gasteiger partial charge in [0.1, 0.15) is 5.76 Å². The Labute approximate surface area is 161 Å². The lowest BCUT2D eigenvalue weighted by Crippen LogP contribution is -2.28. The van der Waals surface area contributed by atoms with Crippen LogP contribution in [0.25, 0.3) is 11.5 Å². The number of carbonyl (C=O) groups excluding carboxylic acids is 1. The predicted molar refractivity (Wildman–Crippen MR) is 106 cm³/mol. The quantitative estimate of drug-likeness (QED) is 0.654. The fraction of sp³-hybridized carbons (Fsp3) is 0.238. The van der Waals surface area contributed by atoms with Gasteiger partial charge >= 0.3 is 0 Å². The number of carbonyl (C=O) groups is 1. The highest BCUT2D eigenvalue weighted by atomic mass is 32.2. The zero-order valence-electron chi connectivity index (χ0n) is 15.6. The van der Waals surface area contributed by atoms with Gasteiger partial charge in [0.05, 0.1) is 12.1 Å². The van der Waals surface area contributed by atoms with Gasteiger partial charge in [0.25, 0.3) is 0 Å². The van der Waals surface area contributed by atoms with Gasteiger partial charge in [-0.15, -0.1) is 0 Å². The van der Waals surface area contributed by atoms with E-state index in [0.717, 1.165) is 16.0 Å². The van der Waals surface area contributed by atoms with E-state index in [1.165, 1.54) is 0 Å². The van der Waals surface area contributed by atoms with E-state index in [4.69, 9.17) is 4.42 Å². The highest BCUT2D eigenvalue weighted by Crippen LogP contribution is 2.22. The molecule has 0 N–H and O–H groups in total. The van der Waals surface area contributed by atoms with Crippen LogP contribution in [0.3, 0.4) is 0 Å². The van der Waals surface area contributed by atoms with E-state index in [1.54, 1.807) is 18.2 Å². The molecule has 0 aliphatic carbocycles. The molecule has 3 rings (SSSR count). The summed E-state index contributed by atoms with van der Waals surface area (Å²) >= 11 is 0. The Hall–Kier alpha value is -2.73. The molecule has 3 aromatic rings. The van der Waals surface area contributed by atoms with Crippen molar-refractivity contribution in [2.75, 3.05) is 13.3 Å². The highest BCUT2D eigenvalue weighted by Gasteiger charge is 2.17. The Morgan fingerprint density at radius 3 is 2.41 bits per heavy atom. The van der Waals surface area contributed by atoms with Crippen LogP contribution in [-0.2, 0) is 28.6 Å². The zero-order valence-corrected chi connectivity index (χ0v) is 16.5. The van der Waals surface area contributed by atoms with Crippen LogP contribution in [0.15, 0.2) is 63.9 Å². The molecular formula is C21H22N2O3S. The third-order valence-electron chi connectivity index (χ3n) is 4.33. The third kappa shape index (κ3) is 4.71. The molecule has 0 aliphatic rings. The summed E-state index contributed by atoms with van der Waals surface area (Å²) in [6.07, 6.45) is 1.84. The first-order valence-electron chi connectivity index (χ1n) is 8.62. The van der Waals surface area contributed by atoms with Crippen LogP contribution in [-0.4, -0.2) is 33.3 Å². The van der Waals surface area contributed by atoms with E-state index in [-0.39, 0.29) is 12.3 Å². The number of aromatic nitrogens is 1. The molecule has 0 aliphatic heterocycles. The molecule has 0 radical (unpaired) electrons. The second-order valence-electron chi connectivity index (χ2n) is 6.41. The summed E-state index contributed by atoms with van der Waals surface area (Å²) in [5, 5.41) is 0. The summed E-state index contributed by atoms with van der Waals surface area (Å²) in [6, 6.07) is 17.1. The number of amides is 1. The van der Waals surface area contributed by atoms with Gasteiger partial charge in [-0.3, -0.25) is 9.00 Å². The van der Waals surface area contributed by atoms with Crippen LogP contribution in [0.5, 0.6) is 0 Å². The molecule has 0 saturated heterocycles. The van der Waals surface area contributed by atoms with Gasteiger partial charge in [-0.2, -0.15) is 0 Å². The standard InChI is InChI=1S/C21H22N2O3S/c1-15-19(22-21(26-15)17-7-5-4-6-8-17)13-20(24)23(2)14-16-9-11-18(12-10-16)27(3)25/h4-12H,13-14H2,1-3H3. The molecule has 6 heteroatoms.